The first kappa shape index (κ1) is 30.5. The molecule has 9 heteroatoms. The van der Waals surface area contributed by atoms with Crippen molar-refractivity contribution in [3.05, 3.63) is 23.3 Å². The highest BCUT2D eigenvalue weighted by Crippen LogP contribution is 2.74. The zero-order valence-corrected chi connectivity index (χ0v) is 25.8. The van der Waals surface area contributed by atoms with Crippen LogP contribution in [0.3, 0.4) is 0 Å². The number of carbonyl (C=O) groups excluding carboxylic acids is 3. The van der Waals surface area contributed by atoms with Crippen LogP contribution in [0, 0.1) is 50.2 Å². The first-order valence-electron chi connectivity index (χ1n) is 15.3. The SMILES string of the molecule is CN(C[C@@]1(C)CC[C@]2(C)CC[C@@]3(C)[C@]4(C)CC[C@H]5CC(=O)C(C#N)=C[C@]5(C)C4=CC(=O)[C@]3(O)[C@@H]2C1)C(=O)CNC(=O)O. The third-order valence-electron chi connectivity index (χ3n) is 13.0. The van der Waals surface area contributed by atoms with E-state index in [0.29, 0.717) is 25.8 Å². The number of nitriles is 1. The number of aliphatic hydroxyl groups is 1. The van der Waals surface area contributed by atoms with Crippen LogP contribution in [0.5, 0.6) is 0 Å². The maximum Gasteiger partial charge on any atom is 0.405 e. The predicted molar refractivity (Wildman–Crippen MR) is 155 cm³/mol. The molecule has 0 bridgehead atoms. The van der Waals surface area contributed by atoms with Gasteiger partial charge in [-0.3, -0.25) is 14.4 Å². The number of hydrogen-bond acceptors (Lipinski definition) is 6. The number of likely N-dealkylation sites (N-methyl/N-ethyl adjacent to an activating group) is 1. The van der Waals surface area contributed by atoms with Gasteiger partial charge in [-0.1, -0.05) is 40.7 Å². The molecule has 0 spiro atoms. The van der Waals surface area contributed by atoms with E-state index in [-0.39, 0.29) is 52.3 Å². The molecule has 8 atom stereocenters. The molecule has 0 aromatic rings. The number of Topliss-reactive ketones (excluding diaryl/α,β-unsaturated/α-hetero) is 1. The first-order valence-corrected chi connectivity index (χ1v) is 15.3. The number of carbonyl (C=O) groups is 4. The Morgan fingerprint density at radius 1 is 1.10 bits per heavy atom. The predicted octanol–water partition coefficient (Wildman–Crippen LogP) is 4.41. The van der Waals surface area contributed by atoms with E-state index in [1.54, 1.807) is 24.1 Å². The van der Waals surface area contributed by atoms with Crippen molar-refractivity contribution in [1.29, 1.82) is 5.26 Å². The molecule has 0 unspecified atom stereocenters. The highest BCUT2D eigenvalue weighted by atomic mass is 16.4. The molecule has 0 aromatic carbocycles. The van der Waals surface area contributed by atoms with Gasteiger partial charge in [0.2, 0.25) is 5.91 Å². The second-order valence-electron chi connectivity index (χ2n) is 15.3. The summed E-state index contributed by atoms with van der Waals surface area (Å²) in [4.78, 5) is 52.2. The van der Waals surface area contributed by atoms with E-state index in [1.165, 1.54) is 0 Å². The van der Waals surface area contributed by atoms with Crippen molar-refractivity contribution in [3.8, 4) is 6.07 Å². The minimum atomic E-state index is -1.61. The van der Waals surface area contributed by atoms with Gasteiger partial charge in [0.15, 0.2) is 11.6 Å². The normalized spacial score (nSPS) is 44.2. The lowest BCUT2D eigenvalue weighted by atomic mass is 9.33. The molecule has 3 fully saturated rings. The number of nitrogens with zero attached hydrogens (tertiary/aromatic N) is 2. The largest absolute Gasteiger partial charge is 0.465 e. The van der Waals surface area contributed by atoms with Crippen LogP contribution in [-0.2, 0) is 14.4 Å². The van der Waals surface area contributed by atoms with Gasteiger partial charge < -0.3 is 20.4 Å². The molecule has 0 radical (unpaired) electrons. The summed E-state index contributed by atoms with van der Waals surface area (Å²) in [6.45, 7) is 10.7. The number of rotatable bonds is 4. The van der Waals surface area contributed by atoms with Crippen molar-refractivity contribution in [2.75, 3.05) is 20.1 Å². The van der Waals surface area contributed by atoms with Gasteiger partial charge in [0.1, 0.15) is 18.2 Å². The van der Waals surface area contributed by atoms with Crippen molar-refractivity contribution in [2.45, 2.75) is 91.6 Å². The van der Waals surface area contributed by atoms with Crippen molar-refractivity contribution in [1.82, 2.24) is 10.2 Å². The van der Waals surface area contributed by atoms with Crippen LogP contribution < -0.4 is 5.32 Å². The summed E-state index contributed by atoms with van der Waals surface area (Å²) in [5.41, 5.74) is -2.99. The van der Waals surface area contributed by atoms with Gasteiger partial charge in [-0.2, -0.15) is 5.26 Å². The summed E-state index contributed by atoms with van der Waals surface area (Å²) >= 11 is 0. The van der Waals surface area contributed by atoms with Crippen molar-refractivity contribution < 1.29 is 29.4 Å². The molecule has 5 aliphatic rings. The number of nitrogens with one attached hydrogen (secondary N) is 1. The highest BCUT2D eigenvalue weighted by molar-refractivity contribution is 6.02. The van der Waals surface area contributed by atoms with Crippen LogP contribution in [0.2, 0.25) is 0 Å². The fraction of sp³-hybridized carbons (Fsp3) is 0.727. The number of fused-ring (bicyclic) bond motifs is 7. The van der Waals surface area contributed by atoms with Crippen LogP contribution in [0.15, 0.2) is 23.3 Å². The minimum absolute atomic E-state index is 0.0135. The molecular weight excluding hydrogens is 534 g/mol. The van der Waals surface area contributed by atoms with E-state index < -0.39 is 27.9 Å². The van der Waals surface area contributed by atoms with Crippen LogP contribution >= 0.6 is 0 Å². The fourth-order valence-corrected chi connectivity index (χ4v) is 10.1. The zero-order chi connectivity index (χ0) is 31.1. The Morgan fingerprint density at radius 3 is 2.40 bits per heavy atom. The molecular formula is C33H45N3O6. The summed E-state index contributed by atoms with van der Waals surface area (Å²) < 4.78 is 0. The molecule has 0 aliphatic heterocycles. The van der Waals surface area contributed by atoms with Crippen LogP contribution in [0.1, 0.15) is 86.0 Å². The Hall–Kier alpha value is -2.99. The molecule has 0 aromatic heterocycles. The number of amides is 2. The van der Waals surface area contributed by atoms with Gasteiger partial charge in [0.05, 0.1) is 5.57 Å². The van der Waals surface area contributed by atoms with Gasteiger partial charge in [-0.15, -0.1) is 0 Å². The molecule has 5 rings (SSSR count). The number of carboxylic acid groups (broad SMARTS) is 1. The lowest BCUT2D eigenvalue weighted by Crippen LogP contribution is -2.73. The standard InChI is InChI=1S/C33H45N3O6/c1-28(19-36(6)26(39)18-35-27(40)41)9-10-29(2)11-12-32(5)31(4)8-7-21-13-22(37)20(17-34)15-30(21,3)23(31)14-25(38)33(32,42)24(29)16-28/h14-15,21,24,35,42H,7-13,16,18-19H2,1-6H3,(H,40,41)/t21-,24+,28-,29+,30-,31+,32-,33+/m0/s1. The molecule has 5 aliphatic carbocycles. The summed E-state index contributed by atoms with van der Waals surface area (Å²) in [5, 5.41) is 33.7. The molecule has 3 saturated carbocycles. The topological polar surface area (TPSA) is 148 Å². The molecule has 9 nitrogen and oxygen atoms in total. The molecule has 3 N–H and O–H groups in total. The van der Waals surface area contributed by atoms with Gasteiger partial charge in [0, 0.05) is 36.8 Å². The number of hydrogen-bond donors (Lipinski definition) is 3. The number of ketones is 2. The van der Waals surface area contributed by atoms with Crippen molar-refractivity contribution in [2.24, 2.45) is 38.9 Å². The maximum atomic E-state index is 14.5. The van der Waals surface area contributed by atoms with Gasteiger partial charge in [0.25, 0.3) is 0 Å². The lowest BCUT2D eigenvalue weighted by Gasteiger charge is -2.71. The Balaban J connectivity index is 1.54. The number of allylic oxidation sites excluding steroid dienone is 3. The molecule has 2 amide bonds. The smallest absolute Gasteiger partial charge is 0.405 e. The third kappa shape index (κ3) is 4.04. The molecule has 228 valence electrons. The maximum absolute atomic E-state index is 14.5. The van der Waals surface area contributed by atoms with E-state index in [0.717, 1.165) is 37.7 Å². The fourth-order valence-electron chi connectivity index (χ4n) is 10.1. The Labute approximate surface area is 248 Å². The summed E-state index contributed by atoms with van der Waals surface area (Å²) in [5.74, 6) is -1.05. The zero-order valence-electron chi connectivity index (χ0n) is 25.8. The van der Waals surface area contributed by atoms with E-state index in [4.69, 9.17) is 5.11 Å². The Morgan fingerprint density at radius 2 is 1.76 bits per heavy atom. The first-order chi connectivity index (χ1) is 19.4. The average Bonchev–Trinajstić information content (AvgIpc) is 2.92. The summed E-state index contributed by atoms with van der Waals surface area (Å²) in [7, 11) is 1.67. The van der Waals surface area contributed by atoms with Gasteiger partial charge >= 0.3 is 6.09 Å². The van der Waals surface area contributed by atoms with E-state index in [2.05, 4.69) is 46.0 Å². The van der Waals surface area contributed by atoms with Crippen molar-refractivity contribution in [3.63, 3.8) is 0 Å². The van der Waals surface area contributed by atoms with Gasteiger partial charge in [-0.25, -0.2) is 4.79 Å². The highest BCUT2D eigenvalue weighted by Gasteiger charge is 2.74. The summed E-state index contributed by atoms with van der Waals surface area (Å²) in [6.07, 6.45) is 7.84. The van der Waals surface area contributed by atoms with Crippen molar-refractivity contribution >= 4 is 23.6 Å². The minimum Gasteiger partial charge on any atom is -0.465 e. The average molecular weight is 580 g/mol. The van der Waals surface area contributed by atoms with Gasteiger partial charge in [-0.05, 0) is 78.8 Å². The second kappa shape index (κ2) is 9.51. The molecule has 0 saturated heterocycles. The third-order valence-corrected chi connectivity index (χ3v) is 13.0. The van der Waals surface area contributed by atoms with Crippen LogP contribution in [0.25, 0.3) is 0 Å². The molecule has 42 heavy (non-hydrogen) atoms. The van der Waals surface area contributed by atoms with Crippen LogP contribution in [-0.4, -0.2) is 64.4 Å². The quantitative estimate of drug-likeness (QED) is 0.447. The van der Waals surface area contributed by atoms with E-state index >= 15 is 0 Å². The Kier molecular flexibility index (Phi) is 6.90. The van der Waals surface area contributed by atoms with Crippen LogP contribution in [0.4, 0.5) is 4.79 Å². The second-order valence-corrected chi connectivity index (χ2v) is 15.3. The van der Waals surface area contributed by atoms with E-state index in [1.807, 2.05) is 0 Å². The lowest BCUT2D eigenvalue weighted by molar-refractivity contribution is -0.242. The Bertz CT molecular complexity index is 1360. The van der Waals surface area contributed by atoms with E-state index in [9.17, 15) is 29.5 Å². The molecule has 0 heterocycles. The summed E-state index contributed by atoms with van der Waals surface area (Å²) in [6, 6.07) is 2.08. The monoisotopic (exact) mass is 579 g/mol.